The SMILES string of the molecule is Cc1ccc(-n2nnc(C)c2Cn2ncc(N3CCC[C@H]3C)cc2=O)cn1. The normalized spacial score (nSPS) is 16.9. The molecule has 1 fully saturated rings. The number of hydrogen-bond donors (Lipinski definition) is 0. The van der Waals surface area contributed by atoms with Gasteiger partial charge in [-0.2, -0.15) is 5.10 Å². The number of hydrogen-bond acceptors (Lipinski definition) is 6. The molecular formula is C19H23N7O. The molecule has 0 spiro atoms. The Labute approximate surface area is 157 Å². The van der Waals surface area contributed by atoms with Crippen LogP contribution in [0.25, 0.3) is 5.69 Å². The second-order valence-electron chi connectivity index (χ2n) is 7.09. The Morgan fingerprint density at radius 1 is 1.19 bits per heavy atom. The fourth-order valence-electron chi connectivity index (χ4n) is 3.51. The molecule has 8 nitrogen and oxygen atoms in total. The molecule has 0 saturated carbocycles. The fraction of sp³-hybridized carbons (Fsp3) is 0.421. The summed E-state index contributed by atoms with van der Waals surface area (Å²) in [5.41, 5.74) is 4.10. The monoisotopic (exact) mass is 365 g/mol. The molecule has 4 heterocycles. The minimum Gasteiger partial charge on any atom is -0.367 e. The van der Waals surface area contributed by atoms with Gasteiger partial charge in [-0.1, -0.05) is 5.21 Å². The van der Waals surface area contributed by atoms with E-state index < -0.39 is 0 Å². The van der Waals surface area contributed by atoms with E-state index in [0.717, 1.165) is 47.8 Å². The average Bonchev–Trinajstić information content (AvgIpc) is 3.24. The predicted octanol–water partition coefficient (Wildman–Crippen LogP) is 1.87. The van der Waals surface area contributed by atoms with Crippen molar-refractivity contribution in [2.45, 2.75) is 46.2 Å². The lowest BCUT2D eigenvalue weighted by Gasteiger charge is -2.23. The van der Waals surface area contributed by atoms with Gasteiger partial charge in [0.15, 0.2) is 0 Å². The Morgan fingerprint density at radius 2 is 2.04 bits per heavy atom. The summed E-state index contributed by atoms with van der Waals surface area (Å²) in [6, 6.07) is 5.98. The molecule has 27 heavy (non-hydrogen) atoms. The van der Waals surface area contributed by atoms with E-state index in [1.54, 1.807) is 23.1 Å². The maximum atomic E-state index is 12.6. The molecule has 1 atom stereocenters. The van der Waals surface area contributed by atoms with Gasteiger partial charge in [-0.3, -0.25) is 9.78 Å². The van der Waals surface area contributed by atoms with Crippen molar-refractivity contribution in [2.24, 2.45) is 0 Å². The molecule has 0 N–H and O–H groups in total. The summed E-state index contributed by atoms with van der Waals surface area (Å²) in [5, 5.41) is 12.8. The van der Waals surface area contributed by atoms with Gasteiger partial charge in [0.05, 0.1) is 41.7 Å². The number of aromatic nitrogens is 6. The third-order valence-corrected chi connectivity index (χ3v) is 5.14. The Balaban J connectivity index is 1.64. The van der Waals surface area contributed by atoms with Crippen LogP contribution in [0.15, 0.2) is 35.4 Å². The van der Waals surface area contributed by atoms with Crippen molar-refractivity contribution in [1.29, 1.82) is 0 Å². The Kier molecular flexibility index (Phi) is 4.47. The van der Waals surface area contributed by atoms with Crippen LogP contribution in [0.3, 0.4) is 0 Å². The summed E-state index contributed by atoms with van der Waals surface area (Å²) in [5.74, 6) is 0. The van der Waals surface area contributed by atoms with Gasteiger partial charge in [0, 0.05) is 24.3 Å². The molecule has 3 aromatic heterocycles. The Bertz CT molecular complexity index is 1010. The van der Waals surface area contributed by atoms with Gasteiger partial charge in [0.25, 0.3) is 5.56 Å². The smallest absolute Gasteiger partial charge is 0.269 e. The maximum absolute atomic E-state index is 12.6. The first-order valence-corrected chi connectivity index (χ1v) is 9.21. The highest BCUT2D eigenvalue weighted by molar-refractivity contribution is 5.45. The molecule has 0 unspecified atom stereocenters. The summed E-state index contributed by atoms with van der Waals surface area (Å²) in [7, 11) is 0. The highest BCUT2D eigenvalue weighted by Gasteiger charge is 2.21. The zero-order valence-corrected chi connectivity index (χ0v) is 15.8. The van der Waals surface area contributed by atoms with Crippen molar-refractivity contribution in [2.75, 3.05) is 11.4 Å². The van der Waals surface area contributed by atoms with Crippen molar-refractivity contribution >= 4 is 5.69 Å². The predicted molar refractivity (Wildman–Crippen MR) is 102 cm³/mol. The highest BCUT2D eigenvalue weighted by atomic mass is 16.1. The van der Waals surface area contributed by atoms with Gasteiger partial charge in [0.2, 0.25) is 0 Å². The minimum atomic E-state index is -0.124. The third-order valence-electron chi connectivity index (χ3n) is 5.14. The molecule has 0 bridgehead atoms. The standard InChI is InChI=1S/C19H23N7O/c1-13-6-7-16(10-20-13)26-18(15(3)22-23-26)12-25-19(27)9-17(11-21-25)24-8-4-5-14(24)2/h6-7,9-11,14H,4-5,8,12H2,1-3H3/t14-/m1/s1. The van der Waals surface area contributed by atoms with Crippen LogP contribution in [0, 0.1) is 13.8 Å². The van der Waals surface area contributed by atoms with E-state index in [4.69, 9.17) is 0 Å². The zero-order chi connectivity index (χ0) is 19.0. The van der Waals surface area contributed by atoms with Gasteiger partial charge in [-0.25, -0.2) is 9.36 Å². The van der Waals surface area contributed by atoms with Crippen molar-refractivity contribution in [3.63, 3.8) is 0 Å². The van der Waals surface area contributed by atoms with E-state index in [2.05, 4.69) is 32.2 Å². The molecular weight excluding hydrogens is 342 g/mol. The first-order chi connectivity index (χ1) is 13.0. The summed E-state index contributed by atoms with van der Waals surface area (Å²) >= 11 is 0. The van der Waals surface area contributed by atoms with Crippen LogP contribution in [0.4, 0.5) is 5.69 Å². The highest BCUT2D eigenvalue weighted by Crippen LogP contribution is 2.23. The van der Waals surface area contributed by atoms with Crippen LogP contribution in [0.2, 0.25) is 0 Å². The van der Waals surface area contributed by atoms with Crippen molar-refractivity contribution in [3.8, 4) is 5.69 Å². The van der Waals surface area contributed by atoms with Gasteiger partial charge >= 0.3 is 0 Å². The van der Waals surface area contributed by atoms with Crippen LogP contribution in [0.5, 0.6) is 0 Å². The van der Waals surface area contributed by atoms with Crippen LogP contribution in [-0.2, 0) is 6.54 Å². The average molecular weight is 365 g/mol. The van der Waals surface area contributed by atoms with Crippen LogP contribution in [0.1, 0.15) is 36.8 Å². The number of rotatable bonds is 4. The van der Waals surface area contributed by atoms with E-state index in [0.29, 0.717) is 12.6 Å². The van der Waals surface area contributed by atoms with E-state index in [-0.39, 0.29) is 5.56 Å². The molecule has 140 valence electrons. The van der Waals surface area contributed by atoms with Gasteiger partial charge in [-0.15, -0.1) is 5.10 Å². The maximum Gasteiger partial charge on any atom is 0.269 e. The second-order valence-corrected chi connectivity index (χ2v) is 7.09. The summed E-state index contributed by atoms with van der Waals surface area (Å²) in [4.78, 5) is 19.2. The summed E-state index contributed by atoms with van der Waals surface area (Å²) in [6.07, 6.45) is 5.83. The lowest BCUT2D eigenvalue weighted by atomic mass is 10.2. The van der Waals surface area contributed by atoms with Crippen LogP contribution in [-0.4, -0.2) is 42.3 Å². The van der Waals surface area contributed by atoms with E-state index >= 15 is 0 Å². The van der Waals surface area contributed by atoms with E-state index in [9.17, 15) is 4.79 Å². The fourth-order valence-corrected chi connectivity index (χ4v) is 3.51. The number of aryl methyl sites for hydroxylation is 2. The largest absolute Gasteiger partial charge is 0.367 e. The number of pyridine rings is 1. The number of nitrogens with zero attached hydrogens (tertiary/aromatic N) is 7. The van der Waals surface area contributed by atoms with Crippen LogP contribution >= 0.6 is 0 Å². The zero-order valence-electron chi connectivity index (χ0n) is 15.8. The summed E-state index contributed by atoms with van der Waals surface area (Å²) < 4.78 is 3.17. The second kappa shape index (κ2) is 6.94. The first kappa shape index (κ1) is 17.4. The third kappa shape index (κ3) is 3.34. The molecule has 3 aromatic rings. The summed E-state index contributed by atoms with van der Waals surface area (Å²) in [6.45, 7) is 7.28. The Morgan fingerprint density at radius 3 is 2.70 bits per heavy atom. The van der Waals surface area contributed by atoms with Crippen molar-refractivity contribution in [1.82, 2.24) is 29.8 Å². The topological polar surface area (TPSA) is 81.7 Å². The lowest BCUT2D eigenvalue weighted by Crippen LogP contribution is -2.30. The van der Waals surface area contributed by atoms with Gasteiger partial charge < -0.3 is 4.90 Å². The molecule has 0 amide bonds. The van der Waals surface area contributed by atoms with Crippen LogP contribution < -0.4 is 10.5 Å². The van der Waals surface area contributed by atoms with Gasteiger partial charge in [0.1, 0.15) is 0 Å². The van der Waals surface area contributed by atoms with Crippen molar-refractivity contribution < 1.29 is 0 Å². The molecule has 1 aliphatic rings. The molecule has 4 rings (SSSR count). The molecule has 1 saturated heterocycles. The Hall–Kier alpha value is -3.03. The molecule has 0 aliphatic carbocycles. The number of anilines is 1. The van der Waals surface area contributed by atoms with E-state index in [1.807, 2.05) is 26.0 Å². The lowest BCUT2D eigenvalue weighted by molar-refractivity contribution is 0.604. The molecule has 1 aliphatic heterocycles. The first-order valence-electron chi connectivity index (χ1n) is 9.21. The van der Waals surface area contributed by atoms with Gasteiger partial charge in [-0.05, 0) is 45.7 Å². The minimum absolute atomic E-state index is 0.124. The molecule has 8 heteroatoms. The molecule has 0 aromatic carbocycles. The molecule has 0 radical (unpaired) electrons. The van der Waals surface area contributed by atoms with Crippen molar-refractivity contribution in [3.05, 3.63) is 58.0 Å². The quantitative estimate of drug-likeness (QED) is 0.702. The van der Waals surface area contributed by atoms with E-state index in [1.165, 1.54) is 4.68 Å².